The fourth-order valence-electron chi connectivity index (χ4n) is 4.67. The molecule has 0 atom stereocenters. The maximum absolute atomic E-state index is 12.0. The van der Waals surface area contributed by atoms with Crippen LogP contribution in [0.3, 0.4) is 0 Å². The lowest BCUT2D eigenvalue weighted by molar-refractivity contribution is -0.123. The van der Waals surface area contributed by atoms with Gasteiger partial charge in [0.1, 0.15) is 0 Å². The van der Waals surface area contributed by atoms with Gasteiger partial charge in [0.2, 0.25) is 11.8 Å². The first-order valence-electron chi connectivity index (χ1n) is 13.1. The number of carbonyl (C=O) groups excluding carboxylic acids is 2. The molecule has 0 aromatic heterocycles. The summed E-state index contributed by atoms with van der Waals surface area (Å²) in [5, 5.41) is 3.51. The molecule has 2 aliphatic rings. The summed E-state index contributed by atoms with van der Waals surface area (Å²) in [4.78, 5) is 32.3. The highest BCUT2D eigenvalue weighted by Crippen LogP contribution is 2.25. The van der Waals surface area contributed by atoms with Gasteiger partial charge in [0, 0.05) is 24.3 Å². The van der Waals surface area contributed by atoms with E-state index < -0.39 is 0 Å². The predicted octanol–water partition coefficient (Wildman–Crippen LogP) is 6.05. The van der Waals surface area contributed by atoms with Gasteiger partial charge in [-0.15, -0.1) is 0 Å². The Bertz CT molecular complexity index is 499. The molecule has 2 aliphatic carbocycles. The standard InChI is InChI=1S/C26H45N3O2/c30-25(23-15-7-5-8-16-23)28-21-13-3-1-11-19-27-20-12-2-4-14-22-29-26(31)24-17-9-6-10-18-24/h21-24,27H,1-20H2. The molecule has 0 saturated heterocycles. The summed E-state index contributed by atoms with van der Waals surface area (Å²) in [6, 6.07) is 0. The van der Waals surface area contributed by atoms with E-state index in [1.807, 2.05) is 12.4 Å². The lowest BCUT2D eigenvalue weighted by atomic mass is 9.89. The number of unbranched alkanes of at least 4 members (excludes halogenated alkanes) is 6. The number of nitrogens with one attached hydrogen (secondary N) is 1. The quantitative estimate of drug-likeness (QED) is 0.269. The zero-order valence-electron chi connectivity index (χ0n) is 19.7. The molecule has 0 radical (unpaired) electrons. The molecule has 2 amide bonds. The van der Waals surface area contributed by atoms with Crippen LogP contribution in [-0.2, 0) is 9.59 Å². The maximum atomic E-state index is 12.0. The highest BCUT2D eigenvalue weighted by molar-refractivity contribution is 5.87. The summed E-state index contributed by atoms with van der Waals surface area (Å²) >= 11 is 0. The topological polar surface area (TPSA) is 70.9 Å². The maximum Gasteiger partial charge on any atom is 0.248 e. The van der Waals surface area contributed by atoms with Crippen molar-refractivity contribution in [3.05, 3.63) is 0 Å². The first-order chi connectivity index (χ1) is 15.3. The predicted molar refractivity (Wildman–Crippen MR) is 130 cm³/mol. The second-order valence-electron chi connectivity index (χ2n) is 9.42. The highest BCUT2D eigenvalue weighted by atomic mass is 16.2. The Kier molecular flexibility index (Phi) is 14.4. The van der Waals surface area contributed by atoms with Crippen LogP contribution in [0.1, 0.15) is 116 Å². The highest BCUT2D eigenvalue weighted by Gasteiger charge is 2.20. The lowest BCUT2D eigenvalue weighted by Gasteiger charge is -2.17. The molecule has 1 N–H and O–H groups in total. The van der Waals surface area contributed by atoms with E-state index in [4.69, 9.17) is 0 Å². The van der Waals surface area contributed by atoms with Crippen molar-refractivity contribution in [1.29, 1.82) is 0 Å². The number of rotatable bonds is 14. The van der Waals surface area contributed by atoms with E-state index in [-0.39, 0.29) is 23.7 Å². The molecule has 0 unspecified atom stereocenters. The van der Waals surface area contributed by atoms with Crippen LogP contribution in [0, 0.1) is 11.8 Å². The van der Waals surface area contributed by atoms with E-state index in [1.54, 1.807) is 0 Å². The van der Waals surface area contributed by atoms with Crippen LogP contribution in [0.15, 0.2) is 9.98 Å². The van der Waals surface area contributed by atoms with Gasteiger partial charge >= 0.3 is 0 Å². The molecule has 2 rings (SSSR count). The van der Waals surface area contributed by atoms with Crippen molar-refractivity contribution in [1.82, 2.24) is 5.32 Å². The smallest absolute Gasteiger partial charge is 0.248 e. The van der Waals surface area contributed by atoms with Gasteiger partial charge in [0.25, 0.3) is 0 Å². The monoisotopic (exact) mass is 431 g/mol. The second-order valence-corrected chi connectivity index (χ2v) is 9.42. The third-order valence-electron chi connectivity index (χ3n) is 6.72. The summed E-state index contributed by atoms with van der Waals surface area (Å²) in [7, 11) is 0. The Morgan fingerprint density at radius 1 is 0.613 bits per heavy atom. The van der Waals surface area contributed by atoms with Crippen LogP contribution < -0.4 is 5.32 Å². The van der Waals surface area contributed by atoms with Gasteiger partial charge in [-0.3, -0.25) is 9.59 Å². The molecule has 5 nitrogen and oxygen atoms in total. The summed E-state index contributed by atoms with van der Waals surface area (Å²) < 4.78 is 0. The Labute approximate surface area is 190 Å². The van der Waals surface area contributed by atoms with E-state index in [2.05, 4.69) is 15.3 Å². The number of hydrogen-bond acceptors (Lipinski definition) is 3. The molecule has 31 heavy (non-hydrogen) atoms. The molecule has 0 aromatic rings. The SMILES string of the molecule is O=C(N=CCCCCCNCCCCCC=NC(=O)C1CCCCC1)C1CCCCC1. The number of nitrogens with zero attached hydrogens (tertiary/aromatic N) is 2. The van der Waals surface area contributed by atoms with Gasteiger partial charge in [-0.05, 0) is 77.3 Å². The zero-order chi connectivity index (χ0) is 22.0. The minimum atomic E-state index is 0.114. The van der Waals surface area contributed by atoms with Crippen LogP contribution in [0.2, 0.25) is 0 Å². The van der Waals surface area contributed by atoms with Gasteiger partial charge in [-0.25, -0.2) is 9.98 Å². The van der Waals surface area contributed by atoms with Crippen molar-refractivity contribution in [2.75, 3.05) is 13.1 Å². The van der Waals surface area contributed by atoms with Gasteiger partial charge < -0.3 is 5.32 Å². The van der Waals surface area contributed by atoms with Crippen LogP contribution in [0.5, 0.6) is 0 Å². The van der Waals surface area contributed by atoms with Crippen molar-refractivity contribution in [2.24, 2.45) is 21.8 Å². The van der Waals surface area contributed by atoms with Crippen molar-refractivity contribution < 1.29 is 9.59 Å². The van der Waals surface area contributed by atoms with Crippen molar-refractivity contribution in [2.45, 2.75) is 116 Å². The van der Waals surface area contributed by atoms with Crippen LogP contribution in [0.25, 0.3) is 0 Å². The van der Waals surface area contributed by atoms with Crippen molar-refractivity contribution >= 4 is 24.2 Å². The molecule has 0 aromatic carbocycles. The number of carbonyl (C=O) groups is 2. The van der Waals surface area contributed by atoms with Crippen molar-refractivity contribution in [3.8, 4) is 0 Å². The van der Waals surface area contributed by atoms with Gasteiger partial charge in [0.15, 0.2) is 0 Å². The third-order valence-corrected chi connectivity index (χ3v) is 6.72. The minimum Gasteiger partial charge on any atom is -0.317 e. The minimum absolute atomic E-state index is 0.114. The van der Waals surface area contributed by atoms with Crippen LogP contribution in [-0.4, -0.2) is 37.3 Å². The molecular weight excluding hydrogens is 386 g/mol. The van der Waals surface area contributed by atoms with Gasteiger partial charge in [-0.2, -0.15) is 0 Å². The number of amides is 2. The Morgan fingerprint density at radius 3 is 1.45 bits per heavy atom. The third kappa shape index (κ3) is 12.3. The van der Waals surface area contributed by atoms with E-state index in [1.165, 1.54) is 64.2 Å². The van der Waals surface area contributed by atoms with E-state index in [9.17, 15) is 9.59 Å². The number of hydrogen-bond donors (Lipinski definition) is 1. The molecule has 176 valence electrons. The summed E-state index contributed by atoms with van der Waals surface area (Å²) in [6.45, 7) is 2.13. The summed E-state index contributed by atoms with van der Waals surface area (Å²) in [6.07, 6.45) is 23.9. The molecule has 0 bridgehead atoms. The van der Waals surface area contributed by atoms with Gasteiger partial charge in [0.05, 0.1) is 0 Å². The molecule has 2 fully saturated rings. The Morgan fingerprint density at radius 2 is 1.03 bits per heavy atom. The average Bonchev–Trinajstić information content (AvgIpc) is 2.82. The normalized spacial score (nSPS) is 18.8. The first kappa shape index (κ1) is 25.9. The lowest BCUT2D eigenvalue weighted by Crippen LogP contribution is -2.16. The molecule has 0 aliphatic heterocycles. The van der Waals surface area contributed by atoms with Gasteiger partial charge in [-0.1, -0.05) is 51.4 Å². The molecule has 0 spiro atoms. The van der Waals surface area contributed by atoms with E-state index in [0.29, 0.717) is 0 Å². The fourth-order valence-corrected chi connectivity index (χ4v) is 4.67. The number of aliphatic imine (C=N–C) groups is 2. The second kappa shape index (κ2) is 17.2. The average molecular weight is 432 g/mol. The van der Waals surface area contributed by atoms with E-state index >= 15 is 0 Å². The van der Waals surface area contributed by atoms with Crippen molar-refractivity contribution in [3.63, 3.8) is 0 Å². The Balaban J connectivity index is 1.32. The summed E-state index contributed by atoms with van der Waals surface area (Å²) in [5.41, 5.74) is 0. The summed E-state index contributed by atoms with van der Waals surface area (Å²) in [5.74, 6) is 0.628. The van der Waals surface area contributed by atoms with Crippen LogP contribution >= 0.6 is 0 Å². The largest absolute Gasteiger partial charge is 0.317 e. The molecule has 2 saturated carbocycles. The molecule has 5 heteroatoms. The van der Waals surface area contributed by atoms with Crippen LogP contribution in [0.4, 0.5) is 0 Å². The van der Waals surface area contributed by atoms with E-state index in [0.717, 1.165) is 64.5 Å². The fraction of sp³-hybridized carbons (Fsp3) is 0.846. The molecular formula is C26H45N3O2. The first-order valence-corrected chi connectivity index (χ1v) is 13.1. The Hall–Kier alpha value is -1.36. The molecule has 0 heterocycles. The zero-order valence-corrected chi connectivity index (χ0v) is 19.7.